The smallest absolute Gasteiger partial charge is 0.408 e. The first-order valence-electron chi connectivity index (χ1n) is 11.1. The lowest BCUT2D eigenvalue weighted by molar-refractivity contribution is -0.200. The molecule has 3 aliphatic rings. The van der Waals surface area contributed by atoms with Gasteiger partial charge < -0.3 is 24.3 Å². The highest BCUT2D eigenvalue weighted by Crippen LogP contribution is 2.48. The molecule has 3 atom stereocenters. The van der Waals surface area contributed by atoms with Crippen molar-refractivity contribution in [2.75, 3.05) is 20.3 Å². The first kappa shape index (κ1) is 23.2. The van der Waals surface area contributed by atoms with E-state index in [1.54, 1.807) is 58.2 Å². The van der Waals surface area contributed by atoms with E-state index in [1.165, 1.54) is 0 Å². The molecule has 0 aromatic heterocycles. The number of fused-ring (bicyclic) bond motifs is 2. The van der Waals surface area contributed by atoms with Crippen LogP contribution in [-0.2, 0) is 18.9 Å². The Morgan fingerprint density at radius 3 is 2.48 bits per heavy atom. The summed E-state index contributed by atoms with van der Waals surface area (Å²) in [7, 11) is 1.55. The third-order valence-corrected chi connectivity index (χ3v) is 5.88. The van der Waals surface area contributed by atoms with Crippen LogP contribution in [0.5, 0.6) is 0 Å². The molecule has 1 aromatic rings. The number of nitrogens with zero attached hydrogens (tertiary/aromatic N) is 1. The molecule has 2 amide bonds. The fourth-order valence-corrected chi connectivity index (χ4v) is 4.62. The van der Waals surface area contributed by atoms with E-state index in [0.717, 1.165) is 0 Å². The van der Waals surface area contributed by atoms with Crippen molar-refractivity contribution in [2.45, 2.75) is 44.6 Å². The summed E-state index contributed by atoms with van der Waals surface area (Å²) in [6.45, 7) is 6.27. The van der Waals surface area contributed by atoms with Crippen LogP contribution in [0, 0.1) is 11.8 Å². The number of carbonyl (C=O) groups is 2. The molecule has 1 aromatic carbocycles. The highest BCUT2D eigenvalue weighted by Gasteiger charge is 2.57. The maximum Gasteiger partial charge on any atom is 0.408 e. The molecule has 2 aliphatic carbocycles. The van der Waals surface area contributed by atoms with Gasteiger partial charge in [0.1, 0.15) is 5.60 Å². The van der Waals surface area contributed by atoms with Gasteiger partial charge in [-0.3, -0.25) is 4.79 Å². The van der Waals surface area contributed by atoms with Gasteiger partial charge in [0.05, 0.1) is 32.1 Å². The largest absolute Gasteiger partial charge is 0.495 e. The molecule has 8 heteroatoms. The minimum absolute atomic E-state index is 0.257. The summed E-state index contributed by atoms with van der Waals surface area (Å²) in [5, 5.41) is 2.94. The Morgan fingerprint density at radius 1 is 1.15 bits per heavy atom. The van der Waals surface area contributed by atoms with Crippen LogP contribution in [0.3, 0.4) is 0 Å². The van der Waals surface area contributed by atoms with Crippen molar-refractivity contribution in [2.24, 2.45) is 16.8 Å². The predicted octanol–water partition coefficient (Wildman–Crippen LogP) is 3.64. The number of methoxy groups -OCH3 is 1. The number of carbonyl (C=O) groups excluding carboxylic acids is 2. The van der Waals surface area contributed by atoms with Gasteiger partial charge in [-0.25, -0.2) is 9.79 Å². The van der Waals surface area contributed by atoms with Crippen LogP contribution >= 0.6 is 0 Å². The molecule has 1 fully saturated rings. The van der Waals surface area contributed by atoms with E-state index < -0.39 is 23.5 Å². The Bertz CT molecular complexity index is 986. The summed E-state index contributed by atoms with van der Waals surface area (Å²) in [4.78, 5) is 30.0. The van der Waals surface area contributed by atoms with E-state index in [9.17, 15) is 9.59 Å². The maximum absolute atomic E-state index is 13.0. The SMILES string of the molecule is COC1=CC(=NC(=O)c2ccccc2)[C@@H]2[C@H](NC(=O)OC(C)(C)C)C=CC[C@@H]2C12OCCO2. The lowest BCUT2D eigenvalue weighted by Gasteiger charge is -2.47. The van der Waals surface area contributed by atoms with Crippen LogP contribution in [-0.4, -0.2) is 55.5 Å². The Morgan fingerprint density at radius 2 is 1.85 bits per heavy atom. The Kier molecular flexibility index (Phi) is 6.41. The summed E-state index contributed by atoms with van der Waals surface area (Å²) in [5.41, 5.74) is 0.336. The first-order chi connectivity index (χ1) is 15.7. The number of hydrogen-bond acceptors (Lipinski definition) is 6. The van der Waals surface area contributed by atoms with Gasteiger partial charge in [0.15, 0.2) is 5.76 Å². The molecule has 1 saturated heterocycles. The number of rotatable bonds is 3. The van der Waals surface area contributed by atoms with Crippen LogP contribution in [0.4, 0.5) is 4.79 Å². The van der Waals surface area contributed by atoms with E-state index >= 15 is 0 Å². The third-order valence-electron chi connectivity index (χ3n) is 5.88. The molecule has 1 heterocycles. The van der Waals surface area contributed by atoms with Gasteiger partial charge in [0.25, 0.3) is 5.91 Å². The van der Waals surface area contributed by atoms with Gasteiger partial charge in [-0.05, 0) is 39.3 Å². The van der Waals surface area contributed by atoms with Gasteiger partial charge in [0.2, 0.25) is 5.79 Å². The van der Waals surface area contributed by atoms with Crippen molar-refractivity contribution in [1.82, 2.24) is 5.32 Å². The number of nitrogens with one attached hydrogen (secondary N) is 1. The van der Waals surface area contributed by atoms with Gasteiger partial charge in [-0.15, -0.1) is 0 Å². The summed E-state index contributed by atoms with van der Waals surface area (Å²) in [6, 6.07) is 8.39. The van der Waals surface area contributed by atoms with E-state index in [0.29, 0.717) is 36.7 Å². The molecule has 0 radical (unpaired) electrons. The highest BCUT2D eigenvalue weighted by atomic mass is 16.8. The van der Waals surface area contributed by atoms with Crippen molar-refractivity contribution in [3.63, 3.8) is 0 Å². The molecular formula is C25H30N2O6. The zero-order chi connectivity index (χ0) is 23.6. The zero-order valence-corrected chi connectivity index (χ0v) is 19.4. The fraction of sp³-hybridized carbons (Fsp3) is 0.480. The van der Waals surface area contributed by atoms with Gasteiger partial charge in [0, 0.05) is 23.5 Å². The molecule has 176 valence electrons. The minimum Gasteiger partial charge on any atom is -0.495 e. The fourth-order valence-electron chi connectivity index (χ4n) is 4.62. The molecule has 0 bridgehead atoms. The monoisotopic (exact) mass is 454 g/mol. The number of alkyl carbamates (subject to hydrolysis) is 1. The van der Waals surface area contributed by atoms with Crippen molar-refractivity contribution in [3.8, 4) is 0 Å². The van der Waals surface area contributed by atoms with Crippen LogP contribution in [0.25, 0.3) is 0 Å². The summed E-state index contributed by atoms with van der Waals surface area (Å²) in [5.74, 6) is -1.63. The molecule has 8 nitrogen and oxygen atoms in total. The number of allylic oxidation sites excluding steroid dienone is 2. The quantitative estimate of drug-likeness (QED) is 0.701. The van der Waals surface area contributed by atoms with Gasteiger partial charge >= 0.3 is 6.09 Å². The Hall–Kier alpha value is -2.97. The third kappa shape index (κ3) is 4.72. The predicted molar refractivity (Wildman–Crippen MR) is 122 cm³/mol. The van der Waals surface area contributed by atoms with Crippen LogP contribution in [0.1, 0.15) is 37.6 Å². The molecule has 1 spiro atoms. The second-order valence-corrected chi connectivity index (χ2v) is 9.25. The minimum atomic E-state index is -1.09. The maximum atomic E-state index is 13.0. The zero-order valence-electron chi connectivity index (χ0n) is 19.4. The van der Waals surface area contributed by atoms with Crippen LogP contribution in [0.2, 0.25) is 0 Å². The van der Waals surface area contributed by atoms with E-state index in [2.05, 4.69) is 10.3 Å². The average molecular weight is 455 g/mol. The van der Waals surface area contributed by atoms with Crippen LogP contribution in [0.15, 0.2) is 59.3 Å². The first-order valence-corrected chi connectivity index (χ1v) is 11.1. The average Bonchev–Trinajstić information content (AvgIpc) is 3.25. The molecule has 4 rings (SSSR count). The van der Waals surface area contributed by atoms with Gasteiger partial charge in [-0.1, -0.05) is 30.4 Å². The molecule has 1 N–H and O–H groups in total. The normalized spacial score (nSPS) is 27.1. The van der Waals surface area contributed by atoms with Gasteiger partial charge in [-0.2, -0.15) is 0 Å². The van der Waals surface area contributed by atoms with E-state index in [1.807, 2.05) is 18.2 Å². The second-order valence-electron chi connectivity index (χ2n) is 9.25. The number of amides is 2. The van der Waals surface area contributed by atoms with Crippen molar-refractivity contribution in [3.05, 3.63) is 59.9 Å². The molecule has 33 heavy (non-hydrogen) atoms. The molecular weight excluding hydrogens is 424 g/mol. The molecule has 0 saturated carbocycles. The lowest BCUT2D eigenvalue weighted by atomic mass is 9.68. The summed E-state index contributed by atoms with van der Waals surface area (Å²) >= 11 is 0. The Balaban J connectivity index is 1.74. The van der Waals surface area contributed by atoms with Crippen molar-refractivity contribution < 1.29 is 28.5 Å². The van der Waals surface area contributed by atoms with Crippen LogP contribution < -0.4 is 5.32 Å². The Labute approximate surface area is 193 Å². The second kappa shape index (κ2) is 9.11. The topological polar surface area (TPSA) is 95.5 Å². The van der Waals surface area contributed by atoms with E-state index in [-0.39, 0.29) is 17.7 Å². The number of hydrogen-bond donors (Lipinski definition) is 1. The summed E-state index contributed by atoms with van der Waals surface area (Å²) < 4.78 is 23.3. The molecule has 1 aliphatic heterocycles. The van der Waals surface area contributed by atoms with Crippen molar-refractivity contribution in [1.29, 1.82) is 0 Å². The number of ether oxygens (including phenoxy) is 4. The standard InChI is InChI=1S/C25H30N2O6/c1-24(2,3)33-23(29)27-18-12-8-11-17-21(18)19(26-22(28)16-9-6-5-7-10-16)15-20(30-4)25(17)31-13-14-32-25/h5-10,12,15,17-18,21H,11,13-14H2,1-4H3,(H,27,29)/t17-,18+,21-/m0/s1. The van der Waals surface area contributed by atoms with Crippen molar-refractivity contribution >= 4 is 17.7 Å². The number of benzene rings is 1. The lowest BCUT2D eigenvalue weighted by Crippen LogP contribution is -2.58. The molecule has 0 unspecified atom stereocenters. The van der Waals surface area contributed by atoms with E-state index in [4.69, 9.17) is 18.9 Å². The highest BCUT2D eigenvalue weighted by molar-refractivity contribution is 6.10. The summed E-state index contributed by atoms with van der Waals surface area (Å²) in [6.07, 6.45) is 5.65. The number of aliphatic imine (C=N–C) groups is 1.